The summed E-state index contributed by atoms with van der Waals surface area (Å²) in [5.41, 5.74) is 6.62. The van der Waals surface area contributed by atoms with Crippen LogP contribution >= 0.6 is 0 Å². The van der Waals surface area contributed by atoms with Crippen LogP contribution in [0.15, 0.2) is 18.2 Å². The van der Waals surface area contributed by atoms with Gasteiger partial charge in [0, 0.05) is 30.1 Å². The monoisotopic (exact) mass is 256 g/mol. The number of hydrogen-bond acceptors (Lipinski definition) is 1. The molecular formula is C13H15F3N2. The fourth-order valence-electron chi connectivity index (χ4n) is 2.36. The minimum atomic E-state index is -4.38. The van der Waals surface area contributed by atoms with E-state index < -0.39 is 11.9 Å². The molecule has 0 bridgehead atoms. The van der Waals surface area contributed by atoms with Gasteiger partial charge in [-0.1, -0.05) is 13.0 Å². The highest BCUT2D eigenvalue weighted by Crippen LogP contribution is 2.37. The molecule has 0 saturated heterocycles. The van der Waals surface area contributed by atoms with Crippen molar-refractivity contribution in [2.75, 3.05) is 0 Å². The number of aromatic nitrogens is 1. The fraction of sp³-hybridized carbons (Fsp3) is 0.385. The molecule has 0 aliphatic rings. The minimum Gasteiger partial charge on any atom is -0.340 e. The molecule has 2 rings (SSSR count). The summed E-state index contributed by atoms with van der Waals surface area (Å²) in [5, 5.41) is 0.603. The predicted octanol–water partition coefficient (Wildman–Crippen LogP) is 3.22. The van der Waals surface area contributed by atoms with E-state index in [1.54, 1.807) is 12.1 Å². The Morgan fingerprint density at radius 2 is 1.94 bits per heavy atom. The van der Waals surface area contributed by atoms with E-state index in [9.17, 15) is 13.2 Å². The van der Waals surface area contributed by atoms with Crippen LogP contribution in [0.2, 0.25) is 0 Å². The summed E-state index contributed by atoms with van der Waals surface area (Å²) in [6, 6.07) is 5.37. The number of hydrogen-bond donors (Lipinski definition) is 1. The summed E-state index contributed by atoms with van der Waals surface area (Å²) in [7, 11) is 1.43. The molecule has 2 aromatic rings. The van der Waals surface area contributed by atoms with Crippen LogP contribution in [-0.2, 0) is 26.2 Å². The van der Waals surface area contributed by atoms with Gasteiger partial charge >= 0.3 is 6.18 Å². The van der Waals surface area contributed by atoms with E-state index in [4.69, 9.17) is 5.73 Å². The summed E-state index contributed by atoms with van der Waals surface area (Å²) >= 11 is 0. The van der Waals surface area contributed by atoms with Crippen molar-refractivity contribution in [2.45, 2.75) is 26.1 Å². The predicted molar refractivity (Wildman–Crippen MR) is 65.2 cm³/mol. The van der Waals surface area contributed by atoms with Gasteiger partial charge in [0.1, 0.15) is 5.69 Å². The van der Waals surface area contributed by atoms with Crippen molar-refractivity contribution in [1.29, 1.82) is 0 Å². The van der Waals surface area contributed by atoms with E-state index in [0.29, 0.717) is 10.9 Å². The van der Waals surface area contributed by atoms with Gasteiger partial charge in [-0.2, -0.15) is 13.2 Å². The first kappa shape index (κ1) is 13.0. The highest BCUT2D eigenvalue weighted by Gasteiger charge is 2.37. The van der Waals surface area contributed by atoms with Crippen LogP contribution < -0.4 is 5.73 Å². The van der Waals surface area contributed by atoms with Gasteiger partial charge in [-0.3, -0.25) is 0 Å². The van der Waals surface area contributed by atoms with Crippen molar-refractivity contribution in [3.05, 3.63) is 35.0 Å². The molecule has 98 valence electrons. The number of alkyl halides is 3. The Morgan fingerprint density at radius 1 is 1.28 bits per heavy atom. The topological polar surface area (TPSA) is 30.9 Å². The number of nitrogens with zero attached hydrogens (tertiary/aromatic N) is 1. The minimum absolute atomic E-state index is 0.112. The van der Waals surface area contributed by atoms with Gasteiger partial charge in [0.05, 0.1) is 0 Å². The third kappa shape index (κ3) is 1.88. The zero-order valence-electron chi connectivity index (χ0n) is 10.3. The molecule has 18 heavy (non-hydrogen) atoms. The zero-order valence-corrected chi connectivity index (χ0v) is 10.3. The maximum atomic E-state index is 13.0. The van der Waals surface area contributed by atoms with Gasteiger partial charge in [0.25, 0.3) is 0 Å². The first-order chi connectivity index (χ1) is 8.40. The molecule has 0 spiro atoms. The van der Waals surface area contributed by atoms with Crippen molar-refractivity contribution < 1.29 is 13.2 Å². The van der Waals surface area contributed by atoms with Gasteiger partial charge < -0.3 is 10.3 Å². The van der Waals surface area contributed by atoms with Crippen molar-refractivity contribution in [1.82, 2.24) is 4.57 Å². The Kier molecular flexibility index (Phi) is 3.11. The summed E-state index contributed by atoms with van der Waals surface area (Å²) in [6.07, 6.45) is -3.59. The van der Waals surface area contributed by atoms with Gasteiger partial charge in [0.2, 0.25) is 0 Å². The van der Waals surface area contributed by atoms with Crippen LogP contribution in [0.4, 0.5) is 13.2 Å². The normalized spacial score (nSPS) is 12.3. The number of fused-ring (bicyclic) bond motifs is 1. The van der Waals surface area contributed by atoms with E-state index >= 15 is 0 Å². The Morgan fingerprint density at radius 3 is 2.44 bits per heavy atom. The molecular weight excluding hydrogens is 241 g/mol. The second-order valence-electron chi connectivity index (χ2n) is 4.29. The quantitative estimate of drug-likeness (QED) is 0.878. The van der Waals surface area contributed by atoms with Crippen molar-refractivity contribution in [2.24, 2.45) is 12.8 Å². The summed E-state index contributed by atoms with van der Waals surface area (Å²) in [6.45, 7) is 1.86. The third-order valence-corrected chi connectivity index (χ3v) is 3.25. The summed E-state index contributed by atoms with van der Waals surface area (Å²) < 4.78 is 40.3. The molecule has 0 unspecified atom stereocenters. The molecule has 0 saturated carbocycles. The highest BCUT2D eigenvalue weighted by molar-refractivity contribution is 5.86. The zero-order chi connectivity index (χ0) is 13.5. The van der Waals surface area contributed by atoms with Gasteiger partial charge in [-0.15, -0.1) is 0 Å². The SMILES string of the molecule is CCc1ccc2c(c1)c(CN)c(C(F)(F)F)n2C. The number of benzene rings is 1. The van der Waals surface area contributed by atoms with Crippen molar-refractivity contribution in [3.63, 3.8) is 0 Å². The molecule has 0 aliphatic heterocycles. The first-order valence-electron chi connectivity index (χ1n) is 5.77. The van der Waals surface area contributed by atoms with Crippen molar-refractivity contribution >= 4 is 10.9 Å². The molecule has 1 aromatic carbocycles. The Bertz CT molecular complexity index is 582. The molecule has 2 N–H and O–H groups in total. The molecule has 5 heteroatoms. The highest BCUT2D eigenvalue weighted by atomic mass is 19.4. The van der Waals surface area contributed by atoms with Crippen LogP contribution in [0, 0.1) is 0 Å². The number of nitrogens with two attached hydrogens (primary N) is 1. The van der Waals surface area contributed by atoms with Gasteiger partial charge in [0.15, 0.2) is 0 Å². The maximum Gasteiger partial charge on any atom is 0.431 e. The van der Waals surface area contributed by atoms with E-state index in [2.05, 4.69) is 0 Å². The lowest BCUT2D eigenvalue weighted by molar-refractivity contribution is -0.143. The second-order valence-corrected chi connectivity index (χ2v) is 4.29. The van der Waals surface area contributed by atoms with Crippen LogP contribution in [0.1, 0.15) is 23.7 Å². The molecule has 0 atom stereocenters. The average molecular weight is 256 g/mol. The molecule has 0 fully saturated rings. The van der Waals surface area contributed by atoms with Crippen LogP contribution in [0.25, 0.3) is 10.9 Å². The molecule has 0 radical (unpaired) electrons. The van der Waals surface area contributed by atoms with E-state index in [-0.39, 0.29) is 12.1 Å². The summed E-state index contributed by atoms with van der Waals surface area (Å²) in [4.78, 5) is 0. The number of halogens is 3. The van der Waals surface area contributed by atoms with E-state index in [1.165, 1.54) is 11.6 Å². The Hall–Kier alpha value is -1.49. The van der Waals surface area contributed by atoms with Crippen LogP contribution in [-0.4, -0.2) is 4.57 Å². The van der Waals surface area contributed by atoms with Crippen LogP contribution in [0.5, 0.6) is 0 Å². The third-order valence-electron chi connectivity index (χ3n) is 3.25. The van der Waals surface area contributed by atoms with Crippen molar-refractivity contribution in [3.8, 4) is 0 Å². The Balaban J connectivity index is 2.84. The van der Waals surface area contributed by atoms with E-state index in [0.717, 1.165) is 12.0 Å². The molecule has 1 aromatic heterocycles. The Labute approximate surface area is 103 Å². The molecule has 0 amide bonds. The lowest BCUT2D eigenvalue weighted by Gasteiger charge is -2.10. The van der Waals surface area contributed by atoms with E-state index in [1.807, 2.05) is 13.0 Å². The first-order valence-corrected chi connectivity index (χ1v) is 5.77. The maximum absolute atomic E-state index is 13.0. The summed E-state index contributed by atoms with van der Waals surface area (Å²) in [5.74, 6) is 0. The van der Waals surface area contributed by atoms with Gasteiger partial charge in [-0.25, -0.2) is 0 Å². The molecule has 0 aliphatic carbocycles. The standard InChI is InChI=1S/C13H15F3N2/c1-3-8-4-5-11-9(6-8)10(7-17)12(18(11)2)13(14,15)16/h4-6H,3,7,17H2,1-2H3. The number of aryl methyl sites for hydroxylation is 2. The smallest absolute Gasteiger partial charge is 0.340 e. The molecule has 2 nitrogen and oxygen atoms in total. The van der Waals surface area contributed by atoms with Gasteiger partial charge in [-0.05, 0) is 24.1 Å². The van der Waals surface area contributed by atoms with Crippen LogP contribution in [0.3, 0.4) is 0 Å². The molecule has 1 heterocycles. The lowest BCUT2D eigenvalue weighted by atomic mass is 10.1. The number of rotatable bonds is 2. The fourth-order valence-corrected chi connectivity index (χ4v) is 2.36. The largest absolute Gasteiger partial charge is 0.431 e. The average Bonchev–Trinajstić information content (AvgIpc) is 2.61. The second kappa shape index (κ2) is 4.31. The lowest BCUT2D eigenvalue weighted by Crippen LogP contribution is -2.15.